The van der Waals surface area contributed by atoms with Gasteiger partial charge >= 0.3 is 0 Å². The van der Waals surface area contributed by atoms with E-state index >= 15 is 0 Å². The van der Waals surface area contributed by atoms with Gasteiger partial charge in [-0.25, -0.2) is 23.4 Å². The highest BCUT2D eigenvalue weighted by atomic mass is 32.2. The van der Waals surface area contributed by atoms with Crippen molar-refractivity contribution in [1.82, 2.24) is 24.3 Å². The molecular weight excluding hydrogens is 392 g/mol. The third-order valence-corrected chi connectivity index (χ3v) is 6.21. The van der Waals surface area contributed by atoms with Crippen LogP contribution in [0.5, 0.6) is 0 Å². The summed E-state index contributed by atoms with van der Waals surface area (Å²) < 4.78 is 31.9. The van der Waals surface area contributed by atoms with Gasteiger partial charge in [0.25, 0.3) is 0 Å². The third kappa shape index (κ3) is 2.95. The predicted molar refractivity (Wildman–Crippen MR) is 109 cm³/mol. The zero-order valence-electron chi connectivity index (χ0n) is 16.0. The quantitative estimate of drug-likeness (QED) is 0.548. The number of sulfone groups is 1. The Balaban J connectivity index is 1.83. The number of morpholine rings is 1. The van der Waals surface area contributed by atoms with E-state index in [1.54, 1.807) is 16.7 Å². The van der Waals surface area contributed by atoms with E-state index in [1.165, 1.54) is 12.6 Å². The lowest BCUT2D eigenvalue weighted by atomic mass is 10.1. The first-order valence-corrected chi connectivity index (χ1v) is 11.2. The van der Waals surface area contributed by atoms with Crippen LogP contribution in [0.1, 0.15) is 6.92 Å². The number of pyridine rings is 1. The monoisotopic (exact) mass is 412 g/mol. The Morgan fingerprint density at radius 1 is 1.28 bits per heavy atom. The fraction of sp³-hybridized carbons (Fsp3) is 0.316. The van der Waals surface area contributed by atoms with E-state index < -0.39 is 9.84 Å². The van der Waals surface area contributed by atoms with E-state index in [0.29, 0.717) is 36.9 Å². The van der Waals surface area contributed by atoms with Gasteiger partial charge in [0, 0.05) is 42.2 Å². The van der Waals surface area contributed by atoms with Crippen LogP contribution >= 0.6 is 0 Å². The van der Waals surface area contributed by atoms with Crippen LogP contribution in [0.2, 0.25) is 0 Å². The van der Waals surface area contributed by atoms with E-state index in [4.69, 9.17) is 9.72 Å². The number of aromatic amines is 1. The van der Waals surface area contributed by atoms with Crippen LogP contribution in [0, 0.1) is 0 Å². The number of ether oxygens (including phenoxy) is 1. The van der Waals surface area contributed by atoms with Gasteiger partial charge in [-0.2, -0.15) is 0 Å². The van der Waals surface area contributed by atoms with Crippen molar-refractivity contribution in [3.8, 4) is 11.4 Å². The number of nitrogens with one attached hydrogen (secondary N) is 1. The van der Waals surface area contributed by atoms with Crippen LogP contribution in [-0.4, -0.2) is 64.8 Å². The molecule has 0 bridgehead atoms. The second-order valence-electron chi connectivity index (χ2n) is 7.23. The molecule has 9 nitrogen and oxygen atoms in total. The molecule has 150 valence electrons. The van der Waals surface area contributed by atoms with Crippen molar-refractivity contribution in [2.24, 2.45) is 0 Å². The molecule has 5 heterocycles. The maximum Gasteiger partial charge on any atom is 0.194 e. The summed E-state index contributed by atoms with van der Waals surface area (Å²) in [6, 6.07) is 5.74. The normalized spacial score (nSPS) is 18.0. The molecule has 1 atom stereocenters. The van der Waals surface area contributed by atoms with E-state index in [1.807, 2.05) is 18.3 Å². The average molecular weight is 412 g/mol. The van der Waals surface area contributed by atoms with Crippen molar-refractivity contribution in [2.75, 3.05) is 30.9 Å². The highest BCUT2D eigenvalue weighted by molar-refractivity contribution is 7.90. The van der Waals surface area contributed by atoms with Gasteiger partial charge in [-0.05, 0) is 19.1 Å². The minimum Gasteiger partial charge on any atom is -0.377 e. The lowest BCUT2D eigenvalue weighted by Crippen LogP contribution is -2.44. The Kier molecular flexibility index (Phi) is 4.07. The van der Waals surface area contributed by atoms with Gasteiger partial charge in [-0.1, -0.05) is 0 Å². The van der Waals surface area contributed by atoms with Gasteiger partial charge < -0.3 is 14.6 Å². The van der Waals surface area contributed by atoms with E-state index in [2.05, 4.69) is 26.8 Å². The Hall–Kier alpha value is -2.98. The third-order valence-electron chi connectivity index (χ3n) is 5.20. The molecule has 0 radical (unpaired) electrons. The molecule has 1 fully saturated rings. The van der Waals surface area contributed by atoms with Gasteiger partial charge in [0.15, 0.2) is 14.9 Å². The minimum absolute atomic E-state index is 0.0441. The summed E-state index contributed by atoms with van der Waals surface area (Å²) >= 11 is 0. The van der Waals surface area contributed by atoms with Gasteiger partial charge in [-0.3, -0.25) is 4.40 Å². The summed E-state index contributed by atoms with van der Waals surface area (Å²) in [6.07, 6.45) is 6.21. The second kappa shape index (κ2) is 6.53. The lowest BCUT2D eigenvalue weighted by Gasteiger charge is -2.34. The molecule has 0 spiro atoms. The first-order valence-electron chi connectivity index (χ1n) is 9.28. The van der Waals surface area contributed by atoms with E-state index in [0.717, 1.165) is 16.6 Å². The van der Waals surface area contributed by atoms with Crippen LogP contribution in [0.3, 0.4) is 0 Å². The molecule has 1 saturated heterocycles. The number of hydrogen-bond donors (Lipinski definition) is 1. The van der Waals surface area contributed by atoms with Crippen LogP contribution in [0.15, 0.2) is 41.9 Å². The smallest absolute Gasteiger partial charge is 0.194 e. The molecule has 0 amide bonds. The maximum absolute atomic E-state index is 12.3. The molecular formula is C19H20N6O3S. The van der Waals surface area contributed by atoms with Crippen molar-refractivity contribution in [3.63, 3.8) is 0 Å². The van der Waals surface area contributed by atoms with Crippen LogP contribution in [0.4, 0.5) is 5.82 Å². The lowest BCUT2D eigenvalue weighted by molar-refractivity contribution is 0.0985. The summed E-state index contributed by atoms with van der Waals surface area (Å²) in [4.78, 5) is 18.7. The topological polar surface area (TPSA) is 105 Å². The summed E-state index contributed by atoms with van der Waals surface area (Å²) in [5.74, 6) is 1.32. The summed E-state index contributed by atoms with van der Waals surface area (Å²) in [7, 11) is -3.50. The molecule has 4 aromatic rings. The number of hydrogen-bond acceptors (Lipinski definition) is 7. The predicted octanol–water partition coefficient (Wildman–Crippen LogP) is 1.90. The molecule has 0 aliphatic carbocycles. The highest BCUT2D eigenvalue weighted by Gasteiger charge is 2.25. The molecule has 4 aromatic heterocycles. The van der Waals surface area contributed by atoms with Gasteiger partial charge in [0.05, 0.1) is 24.8 Å². The molecule has 0 saturated carbocycles. The van der Waals surface area contributed by atoms with Gasteiger partial charge in [0.1, 0.15) is 23.6 Å². The first kappa shape index (κ1) is 18.1. The van der Waals surface area contributed by atoms with Crippen molar-refractivity contribution >= 4 is 32.2 Å². The molecule has 0 aromatic carbocycles. The van der Waals surface area contributed by atoms with E-state index in [9.17, 15) is 8.42 Å². The molecule has 1 aliphatic heterocycles. The number of anilines is 1. The zero-order valence-corrected chi connectivity index (χ0v) is 16.8. The van der Waals surface area contributed by atoms with Crippen molar-refractivity contribution in [1.29, 1.82) is 0 Å². The zero-order chi connectivity index (χ0) is 20.2. The average Bonchev–Trinajstić information content (AvgIpc) is 3.34. The standard InChI is InChI=1S/C19H20N6O3S/c1-12-10-28-8-7-24(12)16-9-15-19(29(2,26)27)22-11-25(15)18(23-16)14-4-6-21-17-13(14)3-5-20-17/h3-6,9,11-12H,7-8,10H2,1-2H3,(H,20,21)/t12-/m1/s1. The second-order valence-corrected chi connectivity index (χ2v) is 9.16. The Labute approximate surface area is 167 Å². The molecule has 29 heavy (non-hydrogen) atoms. The minimum atomic E-state index is -3.50. The van der Waals surface area contributed by atoms with Crippen LogP contribution < -0.4 is 4.90 Å². The molecule has 1 aliphatic rings. The number of fused-ring (bicyclic) bond motifs is 2. The first-order chi connectivity index (χ1) is 13.9. The Morgan fingerprint density at radius 2 is 2.14 bits per heavy atom. The summed E-state index contributed by atoms with van der Waals surface area (Å²) in [5.41, 5.74) is 2.10. The van der Waals surface area contributed by atoms with Crippen molar-refractivity contribution < 1.29 is 13.2 Å². The van der Waals surface area contributed by atoms with Crippen molar-refractivity contribution in [3.05, 3.63) is 36.9 Å². The highest BCUT2D eigenvalue weighted by Crippen LogP contribution is 2.31. The number of H-pyrrole nitrogens is 1. The molecule has 1 N–H and O–H groups in total. The molecule has 0 unspecified atom stereocenters. The van der Waals surface area contributed by atoms with Crippen LogP contribution in [-0.2, 0) is 14.6 Å². The van der Waals surface area contributed by atoms with E-state index in [-0.39, 0.29) is 11.1 Å². The van der Waals surface area contributed by atoms with Crippen molar-refractivity contribution in [2.45, 2.75) is 18.0 Å². The number of imidazole rings is 1. The number of rotatable bonds is 3. The van der Waals surface area contributed by atoms with Gasteiger partial charge in [0.2, 0.25) is 0 Å². The summed E-state index contributed by atoms with van der Waals surface area (Å²) in [6.45, 7) is 3.94. The fourth-order valence-corrected chi connectivity index (χ4v) is 4.58. The summed E-state index contributed by atoms with van der Waals surface area (Å²) in [5, 5.41) is 0.950. The Morgan fingerprint density at radius 3 is 2.93 bits per heavy atom. The number of nitrogens with zero attached hydrogens (tertiary/aromatic N) is 5. The number of aromatic nitrogens is 5. The largest absolute Gasteiger partial charge is 0.377 e. The fourth-order valence-electron chi connectivity index (χ4n) is 3.80. The Bertz CT molecular complexity index is 1330. The molecule has 5 rings (SSSR count). The maximum atomic E-state index is 12.3. The molecule has 10 heteroatoms. The van der Waals surface area contributed by atoms with Crippen LogP contribution in [0.25, 0.3) is 27.9 Å². The SMILES string of the molecule is C[C@@H]1COCCN1c1cc2c(S(C)(=O)=O)ncn2c(-c2ccnc3[nH]ccc23)n1. The van der Waals surface area contributed by atoms with Gasteiger partial charge in [-0.15, -0.1) is 0 Å².